The molecule has 0 saturated carbocycles. The van der Waals surface area contributed by atoms with Crippen LogP contribution in [0.15, 0.2) is 58.4 Å². The van der Waals surface area contributed by atoms with Gasteiger partial charge in [0.05, 0.1) is 11.9 Å². The van der Waals surface area contributed by atoms with Gasteiger partial charge in [0.15, 0.2) is 5.82 Å². The molecule has 1 heterocycles. The second-order valence-corrected chi connectivity index (χ2v) is 5.38. The topological polar surface area (TPSA) is 78.2 Å². The van der Waals surface area contributed by atoms with Crippen molar-refractivity contribution < 1.29 is 0 Å². The molecule has 2 aromatic carbocycles. The Morgan fingerprint density at radius 3 is 2.65 bits per heavy atom. The molecule has 0 amide bonds. The third-order valence-electron chi connectivity index (χ3n) is 3.23. The van der Waals surface area contributed by atoms with Crippen molar-refractivity contribution in [2.45, 2.75) is 6.92 Å². The summed E-state index contributed by atoms with van der Waals surface area (Å²) in [5.74, 6) is 0.474. The van der Waals surface area contributed by atoms with Gasteiger partial charge in [-0.05, 0) is 42.8 Å². The molecule has 0 aliphatic rings. The van der Waals surface area contributed by atoms with Crippen molar-refractivity contribution in [3.05, 3.63) is 75.4 Å². The van der Waals surface area contributed by atoms with Gasteiger partial charge in [0, 0.05) is 10.7 Å². The number of nitrogens with zero attached hydrogens (tertiary/aromatic N) is 4. The molecule has 0 unspecified atom stereocenters. The summed E-state index contributed by atoms with van der Waals surface area (Å²) >= 11 is 5.96. The zero-order chi connectivity index (χ0) is 16.4. The van der Waals surface area contributed by atoms with Crippen molar-refractivity contribution in [3.8, 4) is 5.69 Å². The van der Waals surface area contributed by atoms with Crippen molar-refractivity contribution >= 4 is 23.5 Å². The van der Waals surface area contributed by atoms with Gasteiger partial charge in [-0.25, -0.2) is 4.79 Å². The Hall–Kier alpha value is -2.86. The number of nitrogens with two attached hydrogens (primary N) is 1. The second kappa shape index (κ2) is 6.10. The molecule has 1 aromatic heterocycles. The fourth-order valence-electron chi connectivity index (χ4n) is 2.07. The average Bonchev–Trinajstić information content (AvgIpc) is 2.82. The van der Waals surface area contributed by atoms with Gasteiger partial charge in [-0.3, -0.25) is 0 Å². The lowest BCUT2D eigenvalue weighted by atomic mass is 10.2. The first-order valence-electron chi connectivity index (χ1n) is 6.89. The summed E-state index contributed by atoms with van der Waals surface area (Å²) < 4.78 is 2.50. The van der Waals surface area contributed by atoms with Crippen molar-refractivity contribution in [1.82, 2.24) is 14.5 Å². The summed E-state index contributed by atoms with van der Waals surface area (Å²) in [5, 5.41) is 8.95. The quantitative estimate of drug-likeness (QED) is 0.593. The summed E-state index contributed by atoms with van der Waals surface area (Å²) in [5.41, 5.74) is 7.37. The highest BCUT2D eigenvalue weighted by atomic mass is 35.5. The first-order chi connectivity index (χ1) is 11.0. The van der Waals surface area contributed by atoms with Crippen LogP contribution in [-0.4, -0.2) is 20.7 Å². The number of anilines is 1. The average molecular weight is 328 g/mol. The predicted molar refractivity (Wildman–Crippen MR) is 91.4 cm³/mol. The number of aromatic nitrogens is 3. The Bertz CT molecular complexity index is 924. The van der Waals surface area contributed by atoms with Crippen LogP contribution in [0.1, 0.15) is 11.4 Å². The fourth-order valence-corrected chi connectivity index (χ4v) is 2.26. The summed E-state index contributed by atoms with van der Waals surface area (Å²) in [6.07, 6.45) is 1.58. The van der Waals surface area contributed by atoms with E-state index < -0.39 is 0 Å². The van der Waals surface area contributed by atoms with Crippen LogP contribution < -0.4 is 11.4 Å². The molecule has 116 valence electrons. The number of hydrogen-bond acceptors (Lipinski definition) is 4. The number of nitrogen functional groups attached to an aromatic ring is 1. The van der Waals surface area contributed by atoms with Crippen LogP contribution in [0.25, 0.3) is 5.69 Å². The first kappa shape index (κ1) is 15.1. The minimum absolute atomic E-state index is 0.364. The Balaban J connectivity index is 1.98. The van der Waals surface area contributed by atoms with Crippen molar-refractivity contribution in [2.24, 2.45) is 5.10 Å². The van der Waals surface area contributed by atoms with Crippen LogP contribution in [0.5, 0.6) is 0 Å². The van der Waals surface area contributed by atoms with Crippen LogP contribution in [0.2, 0.25) is 5.02 Å². The second-order valence-electron chi connectivity index (χ2n) is 4.94. The van der Waals surface area contributed by atoms with E-state index in [2.05, 4.69) is 10.2 Å². The van der Waals surface area contributed by atoms with E-state index in [-0.39, 0.29) is 5.69 Å². The molecule has 7 heteroatoms. The van der Waals surface area contributed by atoms with Crippen LogP contribution in [0.4, 0.5) is 5.69 Å². The lowest BCUT2D eigenvalue weighted by Gasteiger charge is -1.98. The van der Waals surface area contributed by atoms with Gasteiger partial charge in [0.2, 0.25) is 0 Å². The lowest BCUT2D eigenvalue weighted by molar-refractivity contribution is 0.778. The van der Waals surface area contributed by atoms with Crippen molar-refractivity contribution in [3.63, 3.8) is 0 Å². The molecule has 0 fully saturated rings. The fraction of sp³-hybridized carbons (Fsp3) is 0.0625. The third kappa shape index (κ3) is 3.17. The van der Waals surface area contributed by atoms with Crippen LogP contribution >= 0.6 is 11.6 Å². The minimum Gasteiger partial charge on any atom is -0.399 e. The number of rotatable bonds is 3. The van der Waals surface area contributed by atoms with Crippen molar-refractivity contribution in [2.75, 3.05) is 5.73 Å². The maximum atomic E-state index is 12.5. The highest BCUT2D eigenvalue weighted by molar-refractivity contribution is 6.30. The molecule has 0 saturated heterocycles. The Labute approximate surface area is 137 Å². The molecule has 3 rings (SSSR count). The first-order valence-corrected chi connectivity index (χ1v) is 7.27. The zero-order valence-corrected chi connectivity index (χ0v) is 13.1. The van der Waals surface area contributed by atoms with E-state index in [1.165, 1.54) is 9.36 Å². The molecule has 0 atom stereocenters. The smallest absolute Gasteiger partial charge is 0.371 e. The SMILES string of the molecule is Cc1nn(-c2cccc(Cl)c2)c(=O)n1/N=C/c1ccc(N)cc1. The molecule has 0 aliphatic heterocycles. The molecular weight excluding hydrogens is 314 g/mol. The Morgan fingerprint density at radius 1 is 1.22 bits per heavy atom. The van der Waals surface area contributed by atoms with Gasteiger partial charge >= 0.3 is 5.69 Å². The summed E-state index contributed by atoms with van der Waals surface area (Å²) in [7, 11) is 0. The number of hydrogen-bond donors (Lipinski definition) is 1. The van der Waals surface area contributed by atoms with Gasteiger partial charge in [-0.15, -0.1) is 5.10 Å². The number of aryl methyl sites for hydroxylation is 1. The minimum atomic E-state index is -0.364. The van der Waals surface area contributed by atoms with E-state index in [4.69, 9.17) is 17.3 Å². The van der Waals surface area contributed by atoms with E-state index in [1.54, 1.807) is 49.5 Å². The normalized spacial score (nSPS) is 11.2. The monoisotopic (exact) mass is 327 g/mol. The van der Waals surface area contributed by atoms with Gasteiger partial charge < -0.3 is 5.73 Å². The summed E-state index contributed by atoms with van der Waals surface area (Å²) in [4.78, 5) is 12.5. The molecule has 0 spiro atoms. The standard InChI is InChI=1S/C16H14ClN5O/c1-11-20-22(15-4-2-3-13(17)9-15)16(23)21(11)19-10-12-5-7-14(18)8-6-12/h2-10H,18H2,1H3/b19-10+. The number of halogens is 1. The maximum Gasteiger partial charge on any atom is 0.371 e. The molecule has 6 nitrogen and oxygen atoms in total. The lowest BCUT2D eigenvalue weighted by Crippen LogP contribution is -2.21. The molecule has 23 heavy (non-hydrogen) atoms. The van der Waals surface area contributed by atoms with Crippen molar-refractivity contribution in [1.29, 1.82) is 0 Å². The largest absolute Gasteiger partial charge is 0.399 e. The highest BCUT2D eigenvalue weighted by Crippen LogP contribution is 2.13. The van der Waals surface area contributed by atoms with Crippen LogP contribution in [0, 0.1) is 6.92 Å². The molecule has 0 bridgehead atoms. The van der Waals surface area contributed by atoms with Gasteiger partial charge in [-0.2, -0.15) is 14.5 Å². The highest BCUT2D eigenvalue weighted by Gasteiger charge is 2.10. The van der Waals surface area contributed by atoms with E-state index >= 15 is 0 Å². The summed E-state index contributed by atoms with van der Waals surface area (Å²) in [6.45, 7) is 1.71. The van der Waals surface area contributed by atoms with Crippen LogP contribution in [0.3, 0.4) is 0 Å². The van der Waals surface area contributed by atoms with Crippen LogP contribution in [-0.2, 0) is 0 Å². The molecular formula is C16H14ClN5O. The molecule has 3 aromatic rings. The predicted octanol–water partition coefficient (Wildman–Crippen LogP) is 2.46. The van der Waals surface area contributed by atoms with Gasteiger partial charge in [0.25, 0.3) is 0 Å². The Kier molecular flexibility index (Phi) is 3.99. The van der Waals surface area contributed by atoms with E-state index in [0.717, 1.165) is 5.56 Å². The van der Waals surface area contributed by atoms with Gasteiger partial charge in [0.1, 0.15) is 0 Å². The molecule has 0 radical (unpaired) electrons. The molecule has 0 aliphatic carbocycles. The third-order valence-corrected chi connectivity index (χ3v) is 3.46. The van der Waals surface area contributed by atoms with Gasteiger partial charge in [-0.1, -0.05) is 29.8 Å². The zero-order valence-electron chi connectivity index (χ0n) is 12.3. The maximum absolute atomic E-state index is 12.5. The summed E-state index contributed by atoms with van der Waals surface area (Å²) in [6, 6.07) is 14.1. The molecule has 2 N–H and O–H groups in total. The number of benzene rings is 2. The van der Waals surface area contributed by atoms with E-state index in [9.17, 15) is 4.79 Å². The Morgan fingerprint density at radius 2 is 1.96 bits per heavy atom. The van der Waals surface area contributed by atoms with E-state index in [1.807, 2.05) is 12.1 Å². The van der Waals surface area contributed by atoms with E-state index in [0.29, 0.717) is 22.2 Å².